The molecule has 5 aliphatic rings. The Bertz CT molecular complexity index is 1420. The van der Waals surface area contributed by atoms with E-state index in [0.717, 1.165) is 63.4 Å². The fourth-order valence-corrected chi connectivity index (χ4v) is 11.9. The summed E-state index contributed by atoms with van der Waals surface area (Å²) in [6, 6.07) is 10.1. The number of esters is 2. The molecule has 0 amide bonds. The summed E-state index contributed by atoms with van der Waals surface area (Å²) in [6.45, 7) is 17.0. The second kappa shape index (κ2) is 11.3. The van der Waals surface area contributed by atoms with Gasteiger partial charge in [0, 0.05) is 12.0 Å². The number of carbonyl (C=O) groups excluding carboxylic acids is 3. The van der Waals surface area contributed by atoms with Gasteiger partial charge in [0.15, 0.2) is 5.78 Å². The SMILES string of the molecule is COC(=O)CN[C@H]1CC[C@]2(C)[C@H]3C(=O)C=C4[C@@H]5C[C@@](C)(C(=O)OCc6ccccc6)CC[C@]5(C)CC[C@@]4(C)[C@]3(C)CC[C@H]2C1(C)C. The molecule has 0 aromatic heterocycles. The van der Waals surface area contributed by atoms with Crippen LogP contribution in [0.1, 0.15) is 112 Å². The number of benzene rings is 1. The van der Waals surface area contributed by atoms with E-state index in [9.17, 15) is 14.4 Å². The molecule has 0 heterocycles. The Morgan fingerprint density at radius 3 is 2.28 bits per heavy atom. The fraction of sp³-hybridized carbons (Fsp3) is 0.725. The van der Waals surface area contributed by atoms with E-state index in [-0.39, 0.29) is 63.4 Å². The zero-order chi connectivity index (χ0) is 33.3. The third-order valence-electron chi connectivity index (χ3n) is 15.0. The number of carbonyl (C=O) groups is 3. The monoisotopic (exact) mass is 631 g/mol. The second-order valence-electron chi connectivity index (χ2n) is 17.7. The highest BCUT2D eigenvalue weighted by atomic mass is 16.5. The van der Waals surface area contributed by atoms with Gasteiger partial charge in [0.2, 0.25) is 0 Å². The Morgan fingerprint density at radius 1 is 0.891 bits per heavy atom. The molecule has 1 N–H and O–H groups in total. The van der Waals surface area contributed by atoms with Crippen molar-refractivity contribution in [3.05, 3.63) is 47.5 Å². The second-order valence-corrected chi connectivity index (χ2v) is 17.7. The lowest BCUT2D eigenvalue weighted by atomic mass is 9.33. The van der Waals surface area contributed by atoms with Gasteiger partial charge in [-0.05, 0) is 115 Å². The molecule has 4 fully saturated rings. The summed E-state index contributed by atoms with van der Waals surface area (Å²) in [7, 11) is 1.44. The van der Waals surface area contributed by atoms with Crippen molar-refractivity contribution in [3.8, 4) is 0 Å². The van der Waals surface area contributed by atoms with Crippen molar-refractivity contribution in [2.45, 2.75) is 119 Å². The molecule has 0 saturated heterocycles. The van der Waals surface area contributed by atoms with Crippen LogP contribution in [0.15, 0.2) is 42.0 Å². The molecule has 0 bridgehead atoms. The summed E-state index contributed by atoms with van der Waals surface area (Å²) in [5, 5.41) is 3.52. The molecule has 46 heavy (non-hydrogen) atoms. The summed E-state index contributed by atoms with van der Waals surface area (Å²) < 4.78 is 10.9. The van der Waals surface area contributed by atoms with E-state index in [1.165, 1.54) is 12.7 Å². The average Bonchev–Trinajstić information content (AvgIpc) is 3.01. The van der Waals surface area contributed by atoms with Crippen molar-refractivity contribution < 1.29 is 23.9 Å². The largest absolute Gasteiger partial charge is 0.468 e. The van der Waals surface area contributed by atoms with Gasteiger partial charge in [-0.1, -0.05) is 77.4 Å². The Morgan fingerprint density at radius 2 is 1.59 bits per heavy atom. The number of ether oxygens (including phenoxy) is 2. The minimum atomic E-state index is -0.567. The van der Waals surface area contributed by atoms with Crippen LogP contribution in [0.5, 0.6) is 0 Å². The molecule has 5 aliphatic carbocycles. The summed E-state index contributed by atoms with van der Waals surface area (Å²) >= 11 is 0. The molecule has 0 aliphatic heterocycles. The lowest BCUT2D eigenvalue weighted by Gasteiger charge is -2.70. The molecule has 0 spiro atoms. The molecule has 0 unspecified atom stereocenters. The van der Waals surface area contributed by atoms with E-state index in [0.29, 0.717) is 18.3 Å². The Balaban J connectivity index is 1.29. The van der Waals surface area contributed by atoms with Crippen molar-refractivity contribution in [3.63, 3.8) is 0 Å². The Labute approximate surface area is 276 Å². The zero-order valence-corrected chi connectivity index (χ0v) is 29.6. The predicted molar refractivity (Wildman–Crippen MR) is 179 cm³/mol. The van der Waals surface area contributed by atoms with Crippen molar-refractivity contribution in [2.24, 2.45) is 50.2 Å². The van der Waals surface area contributed by atoms with Crippen LogP contribution in [0.4, 0.5) is 0 Å². The van der Waals surface area contributed by atoms with Crippen LogP contribution in [0.3, 0.4) is 0 Å². The van der Waals surface area contributed by atoms with Crippen molar-refractivity contribution in [2.75, 3.05) is 13.7 Å². The van der Waals surface area contributed by atoms with E-state index in [1.807, 2.05) is 30.3 Å². The zero-order valence-electron chi connectivity index (χ0n) is 29.6. The topological polar surface area (TPSA) is 81.7 Å². The number of nitrogens with one attached hydrogen (secondary N) is 1. The third kappa shape index (κ3) is 4.94. The van der Waals surface area contributed by atoms with E-state index < -0.39 is 5.41 Å². The molecule has 4 saturated carbocycles. The Kier molecular flexibility index (Phi) is 8.22. The highest BCUT2D eigenvalue weighted by Gasteiger charge is 2.70. The van der Waals surface area contributed by atoms with Gasteiger partial charge in [0.25, 0.3) is 0 Å². The van der Waals surface area contributed by atoms with Gasteiger partial charge in [0.1, 0.15) is 6.61 Å². The molecule has 9 atom stereocenters. The number of fused-ring (bicyclic) bond motifs is 7. The van der Waals surface area contributed by atoms with Crippen molar-refractivity contribution in [1.29, 1.82) is 0 Å². The number of methoxy groups -OCH3 is 1. The third-order valence-corrected chi connectivity index (χ3v) is 15.0. The smallest absolute Gasteiger partial charge is 0.319 e. The minimum Gasteiger partial charge on any atom is -0.468 e. The van der Waals surface area contributed by atoms with Gasteiger partial charge in [-0.25, -0.2) is 0 Å². The predicted octanol–water partition coefficient (Wildman–Crippen LogP) is 7.84. The maximum absolute atomic E-state index is 14.7. The van der Waals surface area contributed by atoms with Gasteiger partial charge < -0.3 is 14.8 Å². The van der Waals surface area contributed by atoms with E-state index in [2.05, 4.69) is 59.9 Å². The van der Waals surface area contributed by atoms with Crippen molar-refractivity contribution >= 4 is 17.7 Å². The van der Waals surface area contributed by atoms with Crippen LogP contribution < -0.4 is 5.32 Å². The maximum atomic E-state index is 14.7. The Hall–Kier alpha value is -2.47. The molecule has 1 aromatic carbocycles. The number of allylic oxidation sites excluding steroid dienone is 2. The molecular formula is C40H57NO5. The van der Waals surface area contributed by atoms with Crippen LogP contribution in [0, 0.1) is 50.2 Å². The number of hydrogen-bond acceptors (Lipinski definition) is 6. The van der Waals surface area contributed by atoms with Gasteiger partial charge in [-0.3, -0.25) is 14.4 Å². The first-order valence-electron chi connectivity index (χ1n) is 17.8. The summed E-state index contributed by atoms with van der Waals surface area (Å²) in [6.07, 6.45) is 10.9. The minimum absolute atomic E-state index is 0.0384. The molecule has 252 valence electrons. The van der Waals surface area contributed by atoms with Crippen LogP contribution in [-0.2, 0) is 30.5 Å². The number of ketones is 1. The first-order chi connectivity index (χ1) is 21.5. The normalized spacial score (nSPS) is 42.8. The lowest BCUT2D eigenvalue weighted by molar-refractivity contribution is -0.190. The van der Waals surface area contributed by atoms with Crippen LogP contribution >= 0.6 is 0 Å². The van der Waals surface area contributed by atoms with E-state index >= 15 is 0 Å². The van der Waals surface area contributed by atoms with E-state index in [1.54, 1.807) is 0 Å². The summed E-state index contributed by atoms with van der Waals surface area (Å²) in [5.41, 5.74) is 1.41. The summed E-state index contributed by atoms with van der Waals surface area (Å²) in [5.74, 6) is 0.490. The van der Waals surface area contributed by atoms with Gasteiger partial charge in [0.05, 0.1) is 19.1 Å². The first kappa shape index (κ1) is 33.4. The van der Waals surface area contributed by atoms with Gasteiger partial charge in [-0.15, -0.1) is 0 Å². The molecule has 6 rings (SSSR count). The molecule has 6 heteroatoms. The summed E-state index contributed by atoms with van der Waals surface area (Å²) in [4.78, 5) is 40.4. The van der Waals surface area contributed by atoms with Crippen molar-refractivity contribution in [1.82, 2.24) is 5.32 Å². The first-order valence-corrected chi connectivity index (χ1v) is 17.8. The fourth-order valence-electron chi connectivity index (χ4n) is 11.9. The maximum Gasteiger partial charge on any atom is 0.319 e. The van der Waals surface area contributed by atoms with Crippen LogP contribution in [-0.4, -0.2) is 37.4 Å². The number of hydrogen-bond donors (Lipinski definition) is 1. The molecule has 0 radical (unpaired) electrons. The number of rotatable bonds is 6. The average molecular weight is 632 g/mol. The standard InChI is InChI=1S/C40H57NO5/c1-35(2)30-14-17-40(7)33(38(30,5)16-15-31(35)41-24-32(43)45-8)29(42)22-27-28-23-37(4,19-18-36(28,3)20-21-39(27,40)6)34(44)46-25-26-12-10-9-11-13-26/h9-13,22,28,30-31,33,41H,14-21,23-25H2,1-8H3/t28-,30-,31-,33+,36+,37-,38-,39+,40+/m0/s1. The quantitative estimate of drug-likeness (QED) is 0.322. The molecular weight excluding hydrogens is 574 g/mol. The highest BCUT2D eigenvalue weighted by molar-refractivity contribution is 5.95. The lowest BCUT2D eigenvalue weighted by Crippen LogP contribution is -2.67. The highest BCUT2D eigenvalue weighted by Crippen LogP contribution is 2.75. The molecule has 1 aromatic rings. The molecule has 6 nitrogen and oxygen atoms in total. The van der Waals surface area contributed by atoms with Gasteiger partial charge in [-0.2, -0.15) is 0 Å². The van der Waals surface area contributed by atoms with Gasteiger partial charge >= 0.3 is 11.9 Å². The van der Waals surface area contributed by atoms with Crippen LogP contribution in [0.25, 0.3) is 0 Å². The van der Waals surface area contributed by atoms with Crippen LogP contribution in [0.2, 0.25) is 0 Å². The van der Waals surface area contributed by atoms with E-state index in [4.69, 9.17) is 9.47 Å².